The molecule has 1 unspecified atom stereocenters. The number of ketones is 1. The molecule has 1 amide bonds. The molecule has 1 aliphatic heterocycles. The normalized spacial score (nSPS) is 18.0. The topological polar surface area (TPSA) is 87.4 Å². The van der Waals surface area contributed by atoms with Crippen molar-refractivity contribution in [3.8, 4) is 5.75 Å². The van der Waals surface area contributed by atoms with Gasteiger partial charge in [0.2, 0.25) is 0 Å². The van der Waals surface area contributed by atoms with E-state index in [0.717, 1.165) is 0 Å². The minimum atomic E-state index is -0.737. The van der Waals surface area contributed by atoms with Crippen molar-refractivity contribution >= 4 is 23.1 Å². The monoisotopic (exact) mass is 448 g/mol. The van der Waals surface area contributed by atoms with Crippen LogP contribution in [-0.2, 0) is 9.59 Å². The van der Waals surface area contributed by atoms with E-state index in [1.54, 1.807) is 17.5 Å². The van der Waals surface area contributed by atoms with Gasteiger partial charge >= 0.3 is 0 Å². The first-order valence-corrected chi connectivity index (χ1v) is 10.9. The van der Waals surface area contributed by atoms with E-state index in [1.165, 1.54) is 4.90 Å². The summed E-state index contributed by atoms with van der Waals surface area (Å²) in [6.07, 6.45) is 1.78. The summed E-state index contributed by atoms with van der Waals surface area (Å²) in [7, 11) is 3.81. The fraction of sp³-hybridized carbons (Fsp3) is 0.320. The molecule has 2 aromatic heterocycles. The molecular formula is C25H28N4O4. The lowest BCUT2D eigenvalue weighted by Gasteiger charge is -2.26. The number of likely N-dealkylation sites (tertiary alicyclic amines) is 1. The first kappa shape index (κ1) is 22.5. The zero-order valence-electron chi connectivity index (χ0n) is 19.3. The van der Waals surface area contributed by atoms with Crippen LogP contribution in [0.5, 0.6) is 5.75 Å². The number of hydrogen-bond donors (Lipinski definition) is 1. The molecule has 1 aromatic carbocycles. The number of pyridine rings is 1. The number of benzene rings is 1. The minimum Gasteiger partial charge on any atom is -0.505 e. The summed E-state index contributed by atoms with van der Waals surface area (Å²) in [6.45, 7) is 5.07. The fourth-order valence-electron chi connectivity index (χ4n) is 4.23. The fourth-order valence-corrected chi connectivity index (χ4v) is 4.23. The number of aliphatic hydroxyl groups excluding tert-OH is 1. The van der Waals surface area contributed by atoms with Gasteiger partial charge in [0.25, 0.3) is 11.7 Å². The van der Waals surface area contributed by atoms with Gasteiger partial charge in [-0.05, 0) is 57.8 Å². The summed E-state index contributed by atoms with van der Waals surface area (Å²) >= 11 is 0. The highest BCUT2D eigenvalue weighted by atomic mass is 16.5. The summed E-state index contributed by atoms with van der Waals surface area (Å²) in [5, 5.41) is 11.5. The van der Waals surface area contributed by atoms with Gasteiger partial charge in [0.05, 0.1) is 23.9 Å². The third-order valence-corrected chi connectivity index (χ3v) is 5.74. The molecule has 1 fully saturated rings. The van der Waals surface area contributed by atoms with E-state index < -0.39 is 17.7 Å². The van der Waals surface area contributed by atoms with Gasteiger partial charge in [-0.2, -0.15) is 0 Å². The Bertz CT molecular complexity index is 1240. The summed E-state index contributed by atoms with van der Waals surface area (Å²) in [4.78, 5) is 34.3. The highest BCUT2D eigenvalue weighted by molar-refractivity contribution is 6.46. The third kappa shape index (κ3) is 4.09. The molecule has 172 valence electrons. The molecule has 3 aromatic rings. The number of aryl methyl sites for hydroxylation is 1. The Labute approximate surface area is 192 Å². The van der Waals surface area contributed by atoms with E-state index in [9.17, 15) is 14.7 Å². The zero-order valence-corrected chi connectivity index (χ0v) is 19.3. The van der Waals surface area contributed by atoms with Crippen molar-refractivity contribution in [2.24, 2.45) is 0 Å². The summed E-state index contributed by atoms with van der Waals surface area (Å²) in [6, 6.07) is 12.1. The Morgan fingerprint density at radius 1 is 1.18 bits per heavy atom. The molecule has 1 atom stereocenters. The first-order valence-electron chi connectivity index (χ1n) is 10.9. The number of carbonyl (C=O) groups excluding carboxylic acids is 2. The Morgan fingerprint density at radius 2 is 1.97 bits per heavy atom. The van der Waals surface area contributed by atoms with Crippen LogP contribution >= 0.6 is 0 Å². The number of aliphatic hydroxyl groups is 1. The van der Waals surface area contributed by atoms with Gasteiger partial charge in [0.15, 0.2) is 5.76 Å². The number of Topliss-reactive ketones (excluding diaryl/α,β-unsaturated/α-hetero) is 1. The van der Waals surface area contributed by atoms with Crippen LogP contribution < -0.4 is 4.74 Å². The number of rotatable bonds is 7. The van der Waals surface area contributed by atoms with E-state index in [-0.39, 0.29) is 11.3 Å². The van der Waals surface area contributed by atoms with Crippen molar-refractivity contribution in [3.05, 3.63) is 71.2 Å². The average Bonchev–Trinajstić information content (AvgIpc) is 3.25. The second kappa shape index (κ2) is 9.07. The van der Waals surface area contributed by atoms with Gasteiger partial charge in [0.1, 0.15) is 17.1 Å². The molecule has 4 rings (SSSR count). The highest BCUT2D eigenvalue weighted by Crippen LogP contribution is 2.40. The Hall–Kier alpha value is -3.65. The molecule has 0 saturated carbocycles. The second-order valence-electron chi connectivity index (χ2n) is 8.28. The van der Waals surface area contributed by atoms with Gasteiger partial charge in [0, 0.05) is 19.3 Å². The Morgan fingerprint density at radius 3 is 2.70 bits per heavy atom. The van der Waals surface area contributed by atoms with Gasteiger partial charge in [-0.1, -0.05) is 18.2 Å². The van der Waals surface area contributed by atoms with Gasteiger partial charge in [-0.3, -0.25) is 14.0 Å². The molecule has 1 saturated heterocycles. The maximum Gasteiger partial charge on any atom is 0.295 e. The van der Waals surface area contributed by atoms with Crippen LogP contribution in [0.1, 0.15) is 29.9 Å². The molecular weight excluding hydrogens is 420 g/mol. The van der Waals surface area contributed by atoms with Gasteiger partial charge < -0.3 is 19.6 Å². The van der Waals surface area contributed by atoms with Crippen LogP contribution in [-0.4, -0.2) is 69.8 Å². The number of likely N-dealkylation sites (N-methyl/N-ethyl adjacent to an activating group) is 1. The average molecular weight is 449 g/mol. The summed E-state index contributed by atoms with van der Waals surface area (Å²) < 4.78 is 7.38. The number of ether oxygens (including phenoxy) is 1. The van der Waals surface area contributed by atoms with Crippen molar-refractivity contribution in [1.82, 2.24) is 19.2 Å². The molecule has 1 N–H and O–H groups in total. The smallest absolute Gasteiger partial charge is 0.295 e. The largest absolute Gasteiger partial charge is 0.505 e. The van der Waals surface area contributed by atoms with Crippen LogP contribution in [0.3, 0.4) is 0 Å². The molecule has 33 heavy (non-hydrogen) atoms. The van der Waals surface area contributed by atoms with Crippen molar-refractivity contribution < 1.29 is 19.4 Å². The molecule has 1 aliphatic rings. The Balaban J connectivity index is 1.92. The van der Waals surface area contributed by atoms with Crippen LogP contribution in [0.4, 0.5) is 0 Å². The molecule has 0 spiro atoms. The van der Waals surface area contributed by atoms with Crippen molar-refractivity contribution in [2.45, 2.75) is 19.9 Å². The number of fused-ring (bicyclic) bond motifs is 1. The Kier molecular flexibility index (Phi) is 6.20. The first-order chi connectivity index (χ1) is 15.8. The number of imidazole rings is 1. The van der Waals surface area contributed by atoms with E-state index in [1.807, 2.05) is 68.4 Å². The predicted octanol–water partition coefficient (Wildman–Crippen LogP) is 3.02. The lowest BCUT2D eigenvalue weighted by Crippen LogP contribution is -2.35. The zero-order chi connectivity index (χ0) is 23.7. The summed E-state index contributed by atoms with van der Waals surface area (Å²) in [5.74, 6) is -0.928. The van der Waals surface area contributed by atoms with Gasteiger partial charge in [-0.15, -0.1) is 0 Å². The van der Waals surface area contributed by atoms with Crippen LogP contribution in [0.15, 0.2) is 54.2 Å². The summed E-state index contributed by atoms with van der Waals surface area (Å²) in [5.41, 5.74) is 2.38. The molecule has 0 bridgehead atoms. The quantitative estimate of drug-likeness (QED) is 0.340. The molecule has 0 aliphatic carbocycles. The number of amides is 1. The minimum absolute atomic E-state index is 0.0566. The van der Waals surface area contributed by atoms with Crippen molar-refractivity contribution in [3.63, 3.8) is 0 Å². The maximum absolute atomic E-state index is 13.3. The maximum atomic E-state index is 13.3. The van der Waals surface area contributed by atoms with Gasteiger partial charge in [-0.25, -0.2) is 4.98 Å². The van der Waals surface area contributed by atoms with Crippen LogP contribution in [0.2, 0.25) is 0 Å². The van der Waals surface area contributed by atoms with Crippen molar-refractivity contribution in [1.29, 1.82) is 0 Å². The number of hydrogen-bond acceptors (Lipinski definition) is 6. The third-order valence-electron chi connectivity index (χ3n) is 5.74. The molecule has 3 heterocycles. The van der Waals surface area contributed by atoms with Crippen molar-refractivity contribution in [2.75, 3.05) is 33.8 Å². The van der Waals surface area contributed by atoms with Crippen LogP contribution in [0, 0.1) is 6.92 Å². The van der Waals surface area contributed by atoms with E-state index in [0.29, 0.717) is 48.0 Å². The van der Waals surface area contributed by atoms with Crippen LogP contribution in [0.25, 0.3) is 11.4 Å². The lowest BCUT2D eigenvalue weighted by molar-refractivity contribution is -0.140. The SMILES string of the molecule is CCOc1cccc(C2C(=C(O)c3c(C)nc4ccccn34)C(=O)C(=O)N2CCN(C)C)c1. The number of aromatic nitrogens is 2. The predicted molar refractivity (Wildman–Crippen MR) is 125 cm³/mol. The van der Waals surface area contributed by atoms with E-state index in [4.69, 9.17) is 4.74 Å². The number of nitrogens with zero attached hydrogens (tertiary/aromatic N) is 4. The molecule has 8 nitrogen and oxygen atoms in total. The molecule has 8 heteroatoms. The molecule has 0 radical (unpaired) electrons. The highest BCUT2D eigenvalue weighted by Gasteiger charge is 2.46. The lowest BCUT2D eigenvalue weighted by atomic mass is 9.96. The number of carbonyl (C=O) groups is 2. The van der Waals surface area contributed by atoms with E-state index >= 15 is 0 Å². The van der Waals surface area contributed by atoms with E-state index in [2.05, 4.69) is 4.98 Å². The standard InChI is InChI=1S/C25H28N4O4/c1-5-33-18-10-8-9-17(15-18)22-20(24(31)25(32)29(22)14-13-27(3)4)23(30)21-16(2)26-19-11-6-7-12-28(19)21/h6-12,15,22,30H,5,13-14H2,1-4H3. The second-order valence-corrected chi connectivity index (χ2v) is 8.28.